The molecule has 0 spiro atoms. The second kappa shape index (κ2) is 5.01. The summed E-state index contributed by atoms with van der Waals surface area (Å²) in [7, 11) is 0. The first-order valence-electron chi connectivity index (χ1n) is 4.60. The third kappa shape index (κ3) is 2.47. The van der Waals surface area contributed by atoms with Crippen molar-refractivity contribution in [1.82, 2.24) is 4.98 Å². The molecule has 0 aliphatic heterocycles. The van der Waals surface area contributed by atoms with Crippen molar-refractivity contribution in [2.24, 2.45) is 0 Å². The zero-order valence-corrected chi connectivity index (χ0v) is 9.26. The van der Waals surface area contributed by atoms with Crippen LogP contribution in [0.15, 0.2) is 24.4 Å². The van der Waals surface area contributed by atoms with E-state index < -0.39 is 11.6 Å². The van der Waals surface area contributed by atoms with Crippen LogP contribution in [0.1, 0.15) is 4.88 Å². The lowest BCUT2D eigenvalue weighted by Crippen LogP contribution is -1.87. The maximum Gasteiger partial charge on any atom is 0.417 e. The molecule has 0 unspecified atom stereocenters. The maximum absolute atomic E-state index is 13.4. The van der Waals surface area contributed by atoms with Gasteiger partial charge in [0.2, 0.25) is 0 Å². The molecule has 0 N–H and O–H groups in total. The van der Waals surface area contributed by atoms with E-state index in [0.717, 1.165) is 17.4 Å². The number of hydrogen-bond acceptors (Lipinski definition) is 4. The Bertz CT molecular complexity index is 542. The lowest BCUT2D eigenvalue weighted by molar-refractivity contribution is 0.270. The minimum Gasteiger partial charge on any atom is -0.451 e. The van der Waals surface area contributed by atoms with Gasteiger partial charge in [0.05, 0.1) is 4.88 Å². The molecule has 0 amide bonds. The van der Waals surface area contributed by atoms with E-state index in [1.807, 2.05) is 0 Å². The fourth-order valence-corrected chi connectivity index (χ4v) is 2.11. The van der Waals surface area contributed by atoms with Crippen LogP contribution in [0.4, 0.5) is 8.78 Å². The monoisotopic (exact) mass is 254 g/mol. The van der Waals surface area contributed by atoms with Crippen LogP contribution in [-0.2, 0) is 16.1 Å². The lowest BCUT2D eigenvalue weighted by atomic mass is 10.2. The number of ether oxygens (including phenoxy) is 1. The highest BCUT2D eigenvalue weighted by molar-refractivity contribution is 7.15. The number of carbonyl (C=O) groups excluding carboxylic acids is 1. The molecule has 0 atom stereocenters. The highest BCUT2D eigenvalue weighted by atomic mass is 32.1. The quantitative estimate of drug-likeness (QED) is 0.842. The molecule has 1 heterocycles. The maximum atomic E-state index is 13.4. The Morgan fingerprint density at radius 3 is 3.00 bits per heavy atom. The first-order valence-corrected chi connectivity index (χ1v) is 5.42. The summed E-state index contributed by atoms with van der Waals surface area (Å²) in [5, 5.41) is 0.339. The molecule has 2 aromatic rings. The molecular formula is C11H6F2NO2S. The first kappa shape index (κ1) is 11.7. The van der Waals surface area contributed by atoms with Crippen molar-refractivity contribution < 1.29 is 18.3 Å². The van der Waals surface area contributed by atoms with Crippen molar-refractivity contribution in [2.45, 2.75) is 6.61 Å². The van der Waals surface area contributed by atoms with Gasteiger partial charge in [-0.2, -0.15) is 0 Å². The van der Waals surface area contributed by atoms with Crippen LogP contribution in [0.2, 0.25) is 0 Å². The predicted octanol–water partition coefficient (Wildman–Crippen LogP) is 2.67. The third-order valence-electron chi connectivity index (χ3n) is 2.01. The number of halogens is 2. The van der Waals surface area contributed by atoms with E-state index in [-0.39, 0.29) is 12.2 Å². The average Bonchev–Trinajstić information content (AvgIpc) is 2.78. The molecule has 1 aromatic carbocycles. The number of nitrogens with zero attached hydrogens (tertiary/aromatic N) is 1. The van der Waals surface area contributed by atoms with Crippen LogP contribution in [0.25, 0.3) is 10.6 Å². The van der Waals surface area contributed by atoms with Gasteiger partial charge in [-0.25, -0.2) is 18.6 Å². The van der Waals surface area contributed by atoms with Gasteiger partial charge in [-0.15, -0.1) is 11.3 Å². The minimum absolute atomic E-state index is 0.0259. The molecule has 0 aliphatic carbocycles. The summed E-state index contributed by atoms with van der Waals surface area (Å²) < 4.78 is 30.9. The summed E-state index contributed by atoms with van der Waals surface area (Å²) in [5.74, 6) is -1.85. The summed E-state index contributed by atoms with van der Waals surface area (Å²) in [4.78, 5) is 14.5. The van der Waals surface area contributed by atoms with Gasteiger partial charge in [0.1, 0.15) is 11.6 Å². The van der Waals surface area contributed by atoms with Crippen molar-refractivity contribution in [2.75, 3.05) is 0 Å². The van der Waals surface area contributed by atoms with Crippen LogP contribution >= 0.6 is 11.3 Å². The number of rotatable bonds is 4. The molecule has 0 saturated heterocycles. The molecule has 17 heavy (non-hydrogen) atoms. The largest absolute Gasteiger partial charge is 0.451 e. The number of hydrogen-bond donors (Lipinski definition) is 0. The van der Waals surface area contributed by atoms with E-state index >= 15 is 0 Å². The molecule has 2 rings (SSSR count). The highest BCUT2D eigenvalue weighted by Gasteiger charge is 2.13. The Morgan fingerprint density at radius 1 is 1.41 bits per heavy atom. The Morgan fingerprint density at radius 2 is 2.24 bits per heavy atom. The van der Waals surface area contributed by atoms with Crippen LogP contribution in [0.5, 0.6) is 0 Å². The van der Waals surface area contributed by atoms with Gasteiger partial charge in [0.15, 0.2) is 11.6 Å². The van der Waals surface area contributed by atoms with Crippen molar-refractivity contribution in [3.05, 3.63) is 40.9 Å². The fourth-order valence-electron chi connectivity index (χ4n) is 1.27. The first-order chi connectivity index (χ1) is 8.22. The Balaban J connectivity index is 2.30. The van der Waals surface area contributed by atoms with Gasteiger partial charge < -0.3 is 4.74 Å². The molecule has 0 saturated carbocycles. The second-order valence-electron chi connectivity index (χ2n) is 3.11. The van der Waals surface area contributed by atoms with Crippen LogP contribution in [0, 0.1) is 11.6 Å². The molecule has 1 aromatic heterocycles. The molecule has 0 fully saturated rings. The number of aromatic nitrogens is 1. The number of thiazole rings is 1. The van der Waals surface area contributed by atoms with Gasteiger partial charge in [-0.05, 0) is 12.1 Å². The van der Waals surface area contributed by atoms with E-state index in [1.165, 1.54) is 24.8 Å². The Kier molecular flexibility index (Phi) is 3.43. The second-order valence-corrected chi connectivity index (χ2v) is 4.22. The van der Waals surface area contributed by atoms with Gasteiger partial charge in [-0.3, -0.25) is 0 Å². The summed E-state index contributed by atoms with van der Waals surface area (Å²) in [6.07, 6.45) is 1.45. The SMILES string of the molecule is O=[C]OCc1cnc(-c2cccc(F)c2F)s1. The van der Waals surface area contributed by atoms with E-state index in [4.69, 9.17) is 0 Å². The van der Waals surface area contributed by atoms with Crippen molar-refractivity contribution in [3.63, 3.8) is 0 Å². The summed E-state index contributed by atoms with van der Waals surface area (Å²) in [6.45, 7) is 1.31. The molecule has 6 heteroatoms. The predicted molar refractivity (Wildman–Crippen MR) is 57.9 cm³/mol. The van der Waals surface area contributed by atoms with Crippen molar-refractivity contribution in [3.8, 4) is 10.6 Å². The number of benzene rings is 1. The summed E-state index contributed by atoms with van der Waals surface area (Å²) in [6, 6.07) is 3.88. The van der Waals surface area contributed by atoms with Crippen LogP contribution in [-0.4, -0.2) is 11.5 Å². The minimum atomic E-state index is -0.934. The molecular weight excluding hydrogens is 248 g/mol. The molecule has 87 valence electrons. The van der Waals surface area contributed by atoms with Crippen LogP contribution < -0.4 is 0 Å². The van der Waals surface area contributed by atoms with E-state index in [0.29, 0.717) is 9.88 Å². The van der Waals surface area contributed by atoms with E-state index in [9.17, 15) is 13.6 Å². The van der Waals surface area contributed by atoms with Crippen molar-refractivity contribution >= 4 is 17.8 Å². The highest BCUT2D eigenvalue weighted by Crippen LogP contribution is 2.28. The fraction of sp³-hybridized carbons (Fsp3) is 0.0909. The molecule has 1 radical (unpaired) electrons. The smallest absolute Gasteiger partial charge is 0.417 e. The normalized spacial score (nSPS) is 10.2. The van der Waals surface area contributed by atoms with Crippen LogP contribution in [0.3, 0.4) is 0 Å². The molecule has 0 aliphatic rings. The zero-order valence-electron chi connectivity index (χ0n) is 8.44. The van der Waals surface area contributed by atoms with Gasteiger partial charge >= 0.3 is 6.47 Å². The summed E-state index contributed by atoms with van der Waals surface area (Å²) >= 11 is 1.13. The Labute approximate surface area is 99.7 Å². The van der Waals surface area contributed by atoms with Gasteiger partial charge in [0.25, 0.3) is 0 Å². The molecule has 3 nitrogen and oxygen atoms in total. The third-order valence-corrected chi connectivity index (χ3v) is 3.01. The van der Waals surface area contributed by atoms with E-state index in [2.05, 4.69) is 9.72 Å². The topological polar surface area (TPSA) is 39.2 Å². The average molecular weight is 254 g/mol. The zero-order chi connectivity index (χ0) is 12.3. The molecule has 0 bridgehead atoms. The summed E-state index contributed by atoms with van der Waals surface area (Å²) in [5.41, 5.74) is 0.0938. The van der Waals surface area contributed by atoms with Gasteiger partial charge in [0, 0.05) is 11.8 Å². The van der Waals surface area contributed by atoms with E-state index in [1.54, 1.807) is 0 Å². The Hall–Kier alpha value is -1.82. The van der Waals surface area contributed by atoms with Gasteiger partial charge in [-0.1, -0.05) is 6.07 Å². The standard InChI is InChI=1S/C11H6F2NO2S/c12-9-3-1-2-8(10(9)13)11-14-4-7(17-11)5-16-6-15/h1-4H,5H2. The van der Waals surface area contributed by atoms with Crippen molar-refractivity contribution in [1.29, 1.82) is 0 Å². The lowest BCUT2D eigenvalue weighted by Gasteiger charge is -1.98.